The molecule has 154 valence electrons. The Hall–Kier alpha value is -3.04. The van der Waals surface area contributed by atoms with Crippen molar-refractivity contribution < 1.29 is 13.9 Å². The average Bonchev–Trinajstić information content (AvgIpc) is 3.53. The van der Waals surface area contributed by atoms with E-state index >= 15 is 0 Å². The number of hydrogen-bond donors (Lipinski definition) is 1. The van der Waals surface area contributed by atoms with Gasteiger partial charge in [-0.3, -0.25) is 9.36 Å². The predicted molar refractivity (Wildman–Crippen MR) is 117 cm³/mol. The first kappa shape index (κ1) is 20.2. The second-order valence-electron chi connectivity index (χ2n) is 6.35. The summed E-state index contributed by atoms with van der Waals surface area (Å²) in [5.74, 6) is 2.01. The summed E-state index contributed by atoms with van der Waals surface area (Å²) in [6, 6.07) is 15.3. The van der Waals surface area contributed by atoms with Crippen molar-refractivity contribution in [1.82, 2.24) is 20.1 Å². The zero-order chi connectivity index (χ0) is 20.9. The van der Waals surface area contributed by atoms with Crippen LogP contribution in [0, 0.1) is 0 Å². The fraction of sp³-hybridized carbons (Fsp3) is 0.190. The third-order valence-corrected chi connectivity index (χ3v) is 6.28. The van der Waals surface area contributed by atoms with Gasteiger partial charge in [0, 0.05) is 0 Å². The lowest BCUT2D eigenvalue weighted by Crippen LogP contribution is -2.30. The molecule has 1 aromatic carbocycles. The number of methoxy groups -OCH3 is 1. The monoisotopic (exact) mass is 440 g/mol. The summed E-state index contributed by atoms with van der Waals surface area (Å²) in [5.41, 5.74) is 0.819. The zero-order valence-electron chi connectivity index (χ0n) is 16.4. The molecule has 4 rings (SSSR count). The van der Waals surface area contributed by atoms with Crippen molar-refractivity contribution in [2.45, 2.75) is 23.9 Å². The van der Waals surface area contributed by atoms with Crippen LogP contribution in [0.25, 0.3) is 16.4 Å². The number of furan rings is 1. The number of thioether (sulfide) groups is 1. The molecule has 0 spiro atoms. The molecule has 3 aromatic heterocycles. The number of thiophene rings is 1. The molecule has 0 saturated carbocycles. The summed E-state index contributed by atoms with van der Waals surface area (Å²) in [4.78, 5) is 13.6. The number of nitrogens with one attached hydrogen (secondary N) is 1. The standard InChI is InChI=1S/C21H20N4O3S2/c1-14(20(26)22-13-15-7-5-11-28-15)30-21-24-23-19(18-10-6-12-29-18)25(21)16-8-3-4-9-17(16)27-2/h3-12,14H,13H2,1-2H3,(H,22,26). The zero-order valence-corrected chi connectivity index (χ0v) is 18.1. The molecule has 3 heterocycles. The average molecular weight is 441 g/mol. The van der Waals surface area contributed by atoms with E-state index in [0.717, 1.165) is 10.6 Å². The maximum absolute atomic E-state index is 12.6. The number of nitrogens with zero attached hydrogens (tertiary/aromatic N) is 3. The van der Waals surface area contributed by atoms with E-state index in [0.29, 0.717) is 29.0 Å². The van der Waals surface area contributed by atoms with Gasteiger partial charge >= 0.3 is 0 Å². The maximum atomic E-state index is 12.6. The number of benzene rings is 1. The molecule has 0 aliphatic heterocycles. The topological polar surface area (TPSA) is 82.2 Å². The lowest BCUT2D eigenvalue weighted by Gasteiger charge is -2.15. The molecule has 0 aliphatic rings. The number of para-hydroxylation sites is 2. The van der Waals surface area contributed by atoms with Gasteiger partial charge in [0.25, 0.3) is 0 Å². The summed E-state index contributed by atoms with van der Waals surface area (Å²) >= 11 is 2.92. The number of hydrogen-bond acceptors (Lipinski definition) is 7. The van der Waals surface area contributed by atoms with Gasteiger partial charge in [-0.2, -0.15) is 0 Å². The minimum absolute atomic E-state index is 0.108. The predicted octanol–water partition coefficient (Wildman–Crippen LogP) is 4.39. The van der Waals surface area contributed by atoms with Crippen molar-refractivity contribution in [2.24, 2.45) is 0 Å². The minimum atomic E-state index is -0.381. The van der Waals surface area contributed by atoms with E-state index in [1.807, 2.05) is 59.3 Å². The molecule has 1 atom stereocenters. The van der Waals surface area contributed by atoms with Crippen molar-refractivity contribution in [3.8, 4) is 22.1 Å². The first-order valence-electron chi connectivity index (χ1n) is 9.27. The van der Waals surface area contributed by atoms with Gasteiger partial charge in [-0.15, -0.1) is 21.5 Å². The lowest BCUT2D eigenvalue weighted by atomic mass is 10.3. The summed E-state index contributed by atoms with van der Waals surface area (Å²) in [7, 11) is 1.63. The van der Waals surface area contributed by atoms with Gasteiger partial charge in [0.1, 0.15) is 11.5 Å². The molecule has 1 unspecified atom stereocenters. The molecule has 4 aromatic rings. The van der Waals surface area contributed by atoms with E-state index in [9.17, 15) is 4.79 Å². The molecule has 0 bridgehead atoms. The Balaban J connectivity index is 1.62. The molecule has 1 N–H and O–H groups in total. The van der Waals surface area contributed by atoms with Crippen LogP contribution in [0.4, 0.5) is 0 Å². The van der Waals surface area contributed by atoms with E-state index < -0.39 is 0 Å². The van der Waals surface area contributed by atoms with Crippen LogP contribution in [-0.2, 0) is 11.3 Å². The first-order chi connectivity index (χ1) is 14.7. The maximum Gasteiger partial charge on any atom is 0.233 e. The van der Waals surface area contributed by atoms with Gasteiger partial charge < -0.3 is 14.5 Å². The Morgan fingerprint density at radius 2 is 2.10 bits per heavy atom. The number of rotatable bonds is 8. The number of amides is 1. The van der Waals surface area contributed by atoms with Crippen molar-refractivity contribution in [1.29, 1.82) is 0 Å². The number of carbonyl (C=O) groups is 1. The van der Waals surface area contributed by atoms with Crippen LogP contribution in [0.3, 0.4) is 0 Å². The van der Waals surface area contributed by atoms with Gasteiger partial charge in [0.05, 0.1) is 35.7 Å². The smallest absolute Gasteiger partial charge is 0.233 e. The largest absolute Gasteiger partial charge is 0.495 e. The quantitative estimate of drug-likeness (QED) is 0.409. The molecule has 1 amide bonds. The van der Waals surface area contributed by atoms with E-state index in [2.05, 4.69) is 15.5 Å². The molecule has 0 saturated heterocycles. The lowest BCUT2D eigenvalue weighted by molar-refractivity contribution is -0.120. The first-order valence-corrected chi connectivity index (χ1v) is 11.0. The van der Waals surface area contributed by atoms with Crippen molar-refractivity contribution >= 4 is 29.0 Å². The molecule has 30 heavy (non-hydrogen) atoms. The summed E-state index contributed by atoms with van der Waals surface area (Å²) in [5, 5.41) is 13.9. The summed E-state index contributed by atoms with van der Waals surface area (Å²) < 4.78 is 12.8. The molecular weight excluding hydrogens is 420 g/mol. The summed E-state index contributed by atoms with van der Waals surface area (Å²) in [6.45, 7) is 2.19. The SMILES string of the molecule is COc1ccccc1-n1c(SC(C)C(=O)NCc2ccco2)nnc1-c1cccs1. The number of ether oxygens (including phenoxy) is 1. The van der Waals surface area contributed by atoms with Gasteiger partial charge in [0.15, 0.2) is 11.0 Å². The normalized spacial score (nSPS) is 11.9. The molecule has 7 nitrogen and oxygen atoms in total. The van der Waals surface area contributed by atoms with Crippen LogP contribution in [0.15, 0.2) is 69.7 Å². The molecule has 0 radical (unpaired) electrons. The minimum Gasteiger partial charge on any atom is -0.495 e. The Morgan fingerprint density at radius 1 is 1.23 bits per heavy atom. The van der Waals surface area contributed by atoms with Gasteiger partial charge in [-0.05, 0) is 42.6 Å². The number of carbonyl (C=O) groups excluding carboxylic acids is 1. The summed E-state index contributed by atoms with van der Waals surface area (Å²) in [6.07, 6.45) is 1.58. The highest BCUT2D eigenvalue weighted by Gasteiger charge is 2.23. The van der Waals surface area contributed by atoms with Crippen LogP contribution >= 0.6 is 23.1 Å². The Bertz CT molecular complexity index is 1110. The van der Waals surface area contributed by atoms with Crippen molar-refractivity contribution in [3.63, 3.8) is 0 Å². The van der Waals surface area contributed by atoms with E-state index in [1.165, 1.54) is 11.8 Å². The Labute approximate surface area is 182 Å². The second-order valence-corrected chi connectivity index (χ2v) is 8.60. The van der Waals surface area contributed by atoms with Crippen LogP contribution in [0.1, 0.15) is 12.7 Å². The molecule has 0 aliphatic carbocycles. The molecule has 0 fully saturated rings. The van der Waals surface area contributed by atoms with Gasteiger partial charge in [-0.25, -0.2) is 0 Å². The van der Waals surface area contributed by atoms with E-state index in [1.54, 1.807) is 30.8 Å². The van der Waals surface area contributed by atoms with Crippen LogP contribution in [0.5, 0.6) is 5.75 Å². The Kier molecular flexibility index (Phi) is 6.20. The highest BCUT2D eigenvalue weighted by Crippen LogP contribution is 2.35. The van der Waals surface area contributed by atoms with Crippen LogP contribution in [0.2, 0.25) is 0 Å². The highest BCUT2D eigenvalue weighted by atomic mass is 32.2. The highest BCUT2D eigenvalue weighted by molar-refractivity contribution is 8.00. The van der Waals surface area contributed by atoms with Gasteiger partial charge in [0.2, 0.25) is 5.91 Å². The molecule has 9 heteroatoms. The molecular formula is C21H20N4O3S2. The Morgan fingerprint density at radius 3 is 2.83 bits per heavy atom. The second kappa shape index (κ2) is 9.19. The number of aromatic nitrogens is 3. The van der Waals surface area contributed by atoms with Crippen LogP contribution < -0.4 is 10.1 Å². The van der Waals surface area contributed by atoms with Crippen molar-refractivity contribution in [3.05, 3.63) is 65.9 Å². The third kappa shape index (κ3) is 4.27. The van der Waals surface area contributed by atoms with Gasteiger partial charge in [-0.1, -0.05) is 30.0 Å². The third-order valence-electron chi connectivity index (χ3n) is 4.37. The van der Waals surface area contributed by atoms with Crippen molar-refractivity contribution in [2.75, 3.05) is 7.11 Å². The van der Waals surface area contributed by atoms with E-state index in [4.69, 9.17) is 9.15 Å². The van der Waals surface area contributed by atoms with E-state index in [-0.39, 0.29) is 11.2 Å². The fourth-order valence-corrected chi connectivity index (χ4v) is 4.47. The van der Waals surface area contributed by atoms with Crippen LogP contribution in [-0.4, -0.2) is 33.0 Å². The fourth-order valence-electron chi connectivity index (χ4n) is 2.89.